The summed E-state index contributed by atoms with van der Waals surface area (Å²) in [5.41, 5.74) is 8.29. The average molecular weight is 927 g/mol. The zero-order valence-electron chi connectivity index (χ0n) is 37.4. The fourth-order valence-electron chi connectivity index (χ4n) is 9.84. The fraction of sp³-hybridized carbons (Fsp3) is 0.587. The van der Waals surface area contributed by atoms with Crippen molar-refractivity contribution in [1.82, 2.24) is 26.0 Å². The van der Waals surface area contributed by atoms with Crippen LogP contribution >= 0.6 is 11.6 Å². The molecule has 4 aliphatic carbocycles. The molecule has 4 saturated carbocycles. The van der Waals surface area contributed by atoms with Crippen molar-refractivity contribution in [3.05, 3.63) is 64.7 Å². The van der Waals surface area contributed by atoms with Crippen LogP contribution in [-0.2, 0) is 38.7 Å². The van der Waals surface area contributed by atoms with E-state index in [2.05, 4.69) is 31.0 Å². The number of nitrogens with two attached hydrogens (primary N) is 1. The van der Waals surface area contributed by atoms with Crippen LogP contribution in [0.2, 0.25) is 0 Å². The van der Waals surface area contributed by atoms with Crippen LogP contribution in [0.15, 0.2) is 52.4 Å². The Labute approximate surface area is 381 Å². The van der Waals surface area contributed by atoms with E-state index >= 15 is 0 Å². The summed E-state index contributed by atoms with van der Waals surface area (Å²) in [6, 6.07) is 8.54. The number of ether oxygens (including phenoxy) is 1. The molecular formula is C46H64ClN7O9S. The van der Waals surface area contributed by atoms with Gasteiger partial charge in [-0.3, -0.25) is 33.8 Å². The molecule has 0 saturated heterocycles. The van der Waals surface area contributed by atoms with E-state index in [1.807, 2.05) is 13.8 Å². The van der Waals surface area contributed by atoms with Gasteiger partial charge in [0.15, 0.2) is 5.78 Å². The lowest BCUT2D eigenvalue weighted by Crippen LogP contribution is -2.56. The summed E-state index contributed by atoms with van der Waals surface area (Å²) < 4.78 is 34.5. The monoisotopic (exact) mass is 925 g/mol. The van der Waals surface area contributed by atoms with Crippen LogP contribution in [-0.4, -0.2) is 93.0 Å². The third-order valence-corrected chi connectivity index (χ3v) is 14.7. The topological polar surface area (TPSA) is 244 Å². The van der Waals surface area contributed by atoms with Crippen LogP contribution < -0.4 is 31.7 Å². The number of amides is 4. The van der Waals surface area contributed by atoms with Gasteiger partial charge in [-0.2, -0.15) is 0 Å². The second-order valence-corrected chi connectivity index (χ2v) is 19.8. The number of aryl methyl sites for hydroxylation is 3. The number of alkyl halides is 1. The van der Waals surface area contributed by atoms with Crippen molar-refractivity contribution < 1.29 is 41.9 Å². The van der Waals surface area contributed by atoms with Gasteiger partial charge in [-0.1, -0.05) is 56.2 Å². The first kappa shape index (κ1) is 50.0. The Hall–Kier alpha value is -5.03. The van der Waals surface area contributed by atoms with Crippen LogP contribution in [0.5, 0.6) is 0 Å². The molecule has 6 rings (SSSR count). The van der Waals surface area contributed by atoms with Crippen LogP contribution in [0.3, 0.4) is 0 Å². The van der Waals surface area contributed by atoms with Gasteiger partial charge in [0.2, 0.25) is 23.7 Å². The quantitative estimate of drug-likeness (QED) is 0.0327. The van der Waals surface area contributed by atoms with Crippen LogP contribution in [0, 0.1) is 50.4 Å². The molecule has 0 aromatic heterocycles. The molecule has 350 valence electrons. The number of halogens is 1. The lowest BCUT2D eigenvalue weighted by atomic mass is 9.55. The predicted molar refractivity (Wildman–Crippen MR) is 243 cm³/mol. The number of esters is 1. The second kappa shape index (κ2) is 22.7. The third kappa shape index (κ3) is 13.5. The number of carbonyl (C=O) groups excluding carboxylic acids is 6. The van der Waals surface area contributed by atoms with Crippen molar-refractivity contribution in [2.24, 2.45) is 40.3 Å². The van der Waals surface area contributed by atoms with E-state index in [9.17, 15) is 37.2 Å². The summed E-state index contributed by atoms with van der Waals surface area (Å²) in [7, 11) is -4.03. The first-order valence-electron chi connectivity index (χ1n) is 22.3. The minimum absolute atomic E-state index is 0.00917. The van der Waals surface area contributed by atoms with E-state index in [-0.39, 0.29) is 55.1 Å². The Morgan fingerprint density at radius 2 is 1.48 bits per heavy atom. The molecule has 16 nitrogen and oxygen atoms in total. The maximum atomic E-state index is 13.9. The fourth-order valence-corrected chi connectivity index (χ4v) is 11.4. The molecule has 4 aliphatic rings. The highest BCUT2D eigenvalue weighted by Gasteiger charge is 2.50. The normalized spacial score (nSPS) is 22.0. The van der Waals surface area contributed by atoms with Gasteiger partial charge in [0, 0.05) is 18.5 Å². The van der Waals surface area contributed by atoms with E-state index in [0.29, 0.717) is 46.8 Å². The summed E-state index contributed by atoms with van der Waals surface area (Å²) in [5.74, 6) is -2.60. The predicted octanol–water partition coefficient (Wildman–Crippen LogP) is 3.87. The molecule has 2 aromatic carbocycles. The highest BCUT2D eigenvalue weighted by Crippen LogP contribution is 2.54. The molecule has 4 atom stereocenters. The Balaban J connectivity index is 1.19. The largest absolute Gasteiger partial charge is 0.462 e. The molecule has 64 heavy (non-hydrogen) atoms. The summed E-state index contributed by atoms with van der Waals surface area (Å²) in [5, 5.41) is 10.6. The number of nitrogens with one attached hydrogen (secondary N) is 5. The van der Waals surface area contributed by atoms with Gasteiger partial charge in [0.25, 0.3) is 15.9 Å². The zero-order chi connectivity index (χ0) is 46.7. The van der Waals surface area contributed by atoms with E-state index in [0.717, 1.165) is 31.2 Å². The SMILES string of the molecule is CC[C@H](C)[C@H](NC(=O)c1ccccc1)C(=O)N[C@@H](CCC(=O)OC1C2CC3CC(C2)CC1C3)C(=O)NCC(=O)N[C@@H](CCCN=C(N)NS(=O)(=O)c1c(C)cc(C)cc1C)C(=O)CCl. The number of sulfonamides is 1. The average Bonchev–Trinajstić information content (AvgIpc) is 3.24. The van der Waals surface area contributed by atoms with Gasteiger partial charge < -0.3 is 31.7 Å². The van der Waals surface area contributed by atoms with Gasteiger partial charge in [-0.15, -0.1) is 11.6 Å². The molecule has 0 aliphatic heterocycles. The second-order valence-electron chi connectivity index (χ2n) is 17.9. The molecule has 0 heterocycles. The number of hydrogen-bond acceptors (Lipinski definition) is 10. The number of nitrogens with zero attached hydrogens (tertiary/aromatic N) is 1. The van der Waals surface area contributed by atoms with Gasteiger partial charge in [0.05, 0.1) is 23.4 Å². The van der Waals surface area contributed by atoms with Crippen LogP contribution in [0.1, 0.15) is 105 Å². The van der Waals surface area contributed by atoms with Crippen LogP contribution in [0.25, 0.3) is 0 Å². The Bertz CT molecular complexity index is 2120. The number of ketones is 1. The number of guanidine groups is 1. The number of aliphatic imine (C=N–C) groups is 1. The number of carbonyl (C=O) groups is 6. The number of Topliss-reactive ketones (excluding diaryl/α,β-unsaturated/α-hetero) is 1. The van der Waals surface area contributed by atoms with Gasteiger partial charge in [-0.25, -0.2) is 13.1 Å². The lowest BCUT2D eigenvalue weighted by Gasteiger charge is -2.53. The minimum atomic E-state index is -4.03. The summed E-state index contributed by atoms with van der Waals surface area (Å²) in [6.07, 6.45) is 5.79. The highest BCUT2D eigenvalue weighted by atomic mass is 35.5. The zero-order valence-corrected chi connectivity index (χ0v) is 39.0. The minimum Gasteiger partial charge on any atom is -0.462 e. The van der Waals surface area contributed by atoms with E-state index in [1.54, 1.807) is 63.2 Å². The molecule has 4 fully saturated rings. The summed E-state index contributed by atoms with van der Waals surface area (Å²) >= 11 is 5.86. The smallest absolute Gasteiger partial charge is 0.306 e. The van der Waals surface area contributed by atoms with E-state index in [4.69, 9.17) is 22.1 Å². The number of hydrogen-bond donors (Lipinski definition) is 6. The molecule has 2 aromatic rings. The molecule has 4 amide bonds. The molecule has 0 radical (unpaired) electrons. The standard InChI is InChI=1S/C46H64ClN7O9S/c1-6-27(3)40(53-43(58)32-11-8-7-9-12-32)45(60)52-36(14-15-39(57)63-41-33-20-30-19-31(22-33)23-34(41)21-30)44(59)50-25-38(56)51-35(37(55)24-47)13-10-16-49-46(48)54-64(61,62)42-28(4)17-26(2)18-29(42)5/h7-9,11-12,17-18,27,30-31,33-36,40-41H,6,10,13-16,19-25H2,1-5H3,(H,50,59)(H,51,56)(H,52,60)(H,53,58)(H3,48,49,54)/t27-,30?,31?,33?,34?,35-,36-,40-,41?/m0/s1. The number of benzene rings is 2. The Morgan fingerprint density at radius 1 is 0.859 bits per heavy atom. The first-order valence-corrected chi connectivity index (χ1v) is 24.3. The van der Waals surface area contributed by atoms with Crippen molar-refractivity contribution in [2.45, 2.75) is 128 Å². The molecule has 18 heteroatoms. The molecule has 4 bridgehead atoms. The molecule has 0 unspecified atom stereocenters. The Morgan fingerprint density at radius 3 is 2.08 bits per heavy atom. The molecule has 0 spiro atoms. The van der Waals surface area contributed by atoms with Gasteiger partial charge in [0.1, 0.15) is 18.2 Å². The third-order valence-electron chi connectivity index (χ3n) is 12.8. The maximum Gasteiger partial charge on any atom is 0.306 e. The first-order chi connectivity index (χ1) is 30.4. The lowest BCUT2D eigenvalue weighted by molar-refractivity contribution is -0.171. The number of rotatable bonds is 22. The Kier molecular flexibility index (Phi) is 17.8. The van der Waals surface area contributed by atoms with Gasteiger partial charge >= 0.3 is 5.97 Å². The molecular weight excluding hydrogens is 862 g/mol. The van der Waals surface area contributed by atoms with Crippen molar-refractivity contribution in [1.29, 1.82) is 0 Å². The van der Waals surface area contributed by atoms with Gasteiger partial charge in [-0.05, 0) is 125 Å². The highest BCUT2D eigenvalue weighted by molar-refractivity contribution is 7.90. The van der Waals surface area contributed by atoms with Crippen molar-refractivity contribution in [2.75, 3.05) is 19.0 Å². The van der Waals surface area contributed by atoms with E-state index < -0.39 is 76.0 Å². The van der Waals surface area contributed by atoms with E-state index in [1.165, 1.54) is 6.42 Å². The van der Waals surface area contributed by atoms with Crippen molar-refractivity contribution in [3.63, 3.8) is 0 Å². The summed E-state index contributed by atoms with van der Waals surface area (Å²) in [4.78, 5) is 84.3. The van der Waals surface area contributed by atoms with Crippen LogP contribution in [0.4, 0.5) is 0 Å². The van der Waals surface area contributed by atoms with Crippen molar-refractivity contribution >= 4 is 63.0 Å². The summed E-state index contributed by atoms with van der Waals surface area (Å²) in [6.45, 7) is 8.33. The maximum absolute atomic E-state index is 13.9. The van der Waals surface area contributed by atoms with Crippen molar-refractivity contribution in [3.8, 4) is 0 Å². The molecule has 7 N–H and O–H groups in total.